The van der Waals surface area contributed by atoms with Crippen LogP contribution in [-0.4, -0.2) is 5.84 Å². The number of nitrogens with zero attached hydrogens (tertiary/aromatic N) is 1. The molecule has 0 bridgehead atoms. The fourth-order valence-electron chi connectivity index (χ4n) is 1.68. The molecule has 86 valence electrons. The number of aliphatic imine (C=N–C) groups is 1. The third-order valence-electron chi connectivity index (χ3n) is 2.82. The number of hydrogen-bond acceptors (Lipinski definition) is 1. The highest BCUT2D eigenvalue weighted by Gasteiger charge is 2.11. The zero-order valence-corrected chi connectivity index (χ0v) is 10.5. The van der Waals surface area contributed by atoms with Crippen molar-refractivity contribution in [2.24, 2.45) is 16.6 Å². The van der Waals surface area contributed by atoms with Crippen molar-refractivity contribution in [3.05, 3.63) is 23.9 Å². The summed E-state index contributed by atoms with van der Waals surface area (Å²) < 4.78 is 0. The second-order valence-corrected chi connectivity index (χ2v) is 3.91. The number of amidine groups is 1. The Bertz CT molecular complexity index is 262. The van der Waals surface area contributed by atoms with Gasteiger partial charge in [-0.05, 0) is 31.3 Å². The van der Waals surface area contributed by atoms with Gasteiger partial charge in [-0.2, -0.15) is 0 Å². The largest absolute Gasteiger partial charge is 0.383 e. The van der Waals surface area contributed by atoms with E-state index in [4.69, 9.17) is 5.73 Å². The molecule has 2 heteroatoms. The molecule has 0 aromatic rings. The maximum absolute atomic E-state index is 5.87. The van der Waals surface area contributed by atoms with Gasteiger partial charge in [0.05, 0.1) is 0 Å². The lowest BCUT2D eigenvalue weighted by Crippen LogP contribution is -2.16. The van der Waals surface area contributed by atoms with E-state index in [0.29, 0.717) is 11.8 Å². The number of allylic oxidation sites excluding steroid dienone is 1. The van der Waals surface area contributed by atoms with Gasteiger partial charge in [-0.25, -0.2) is 4.99 Å². The molecule has 0 fully saturated rings. The van der Waals surface area contributed by atoms with E-state index in [0.717, 1.165) is 24.8 Å². The molecule has 15 heavy (non-hydrogen) atoms. The Morgan fingerprint density at radius 1 is 1.47 bits per heavy atom. The highest BCUT2D eigenvalue weighted by Crippen LogP contribution is 2.23. The van der Waals surface area contributed by atoms with E-state index in [-0.39, 0.29) is 0 Å². The molecular formula is C13H24N2. The van der Waals surface area contributed by atoms with E-state index < -0.39 is 0 Å². The van der Waals surface area contributed by atoms with Gasteiger partial charge in [0.2, 0.25) is 0 Å². The minimum absolute atomic E-state index is 0.587. The zero-order chi connectivity index (χ0) is 11.8. The van der Waals surface area contributed by atoms with Crippen LogP contribution in [0.5, 0.6) is 0 Å². The van der Waals surface area contributed by atoms with Crippen LogP contribution in [-0.2, 0) is 0 Å². The van der Waals surface area contributed by atoms with Gasteiger partial charge in [0.1, 0.15) is 5.84 Å². The van der Waals surface area contributed by atoms with Crippen molar-refractivity contribution in [1.29, 1.82) is 0 Å². The maximum Gasteiger partial charge on any atom is 0.126 e. The van der Waals surface area contributed by atoms with Crippen molar-refractivity contribution < 1.29 is 0 Å². The molecule has 0 aliphatic carbocycles. The van der Waals surface area contributed by atoms with Crippen molar-refractivity contribution in [2.75, 3.05) is 0 Å². The van der Waals surface area contributed by atoms with Gasteiger partial charge in [0, 0.05) is 6.20 Å². The highest BCUT2D eigenvalue weighted by atomic mass is 14.8. The summed E-state index contributed by atoms with van der Waals surface area (Å²) in [5.74, 6) is 1.19. The van der Waals surface area contributed by atoms with E-state index in [9.17, 15) is 0 Å². The van der Waals surface area contributed by atoms with Gasteiger partial charge < -0.3 is 5.73 Å². The Morgan fingerprint density at radius 2 is 2.07 bits per heavy atom. The van der Waals surface area contributed by atoms with Crippen LogP contribution in [0, 0.1) is 5.92 Å². The Hall–Kier alpha value is -1.05. The van der Waals surface area contributed by atoms with Crippen LogP contribution in [0.25, 0.3) is 0 Å². The van der Waals surface area contributed by atoms with Gasteiger partial charge in [0.25, 0.3) is 0 Å². The fraction of sp³-hybridized carbons (Fsp3) is 0.615. The summed E-state index contributed by atoms with van der Waals surface area (Å²) in [5, 5.41) is 0. The predicted octanol–water partition coefficient (Wildman–Crippen LogP) is 3.65. The molecule has 0 aromatic carbocycles. The van der Waals surface area contributed by atoms with Gasteiger partial charge in [-0.15, -0.1) is 0 Å². The molecule has 0 amide bonds. The van der Waals surface area contributed by atoms with Gasteiger partial charge in [0.15, 0.2) is 0 Å². The van der Waals surface area contributed by atoms with Crippen molar-refractivity contribution in [1.82, 2.24) is 0 Å². The molecule has 1 unspecified atom stereocenters. The summed E-state index contributed by atoms with van der Waals surface area (Å²) in [6, 6.07) is 0. The van der Waals surface area contributed by atoms with Crippen molar-refractivity contribution in [3.8, 4) is 0 Å². The first kappa shape index (κ1) is 13.9. The van der Waals surface area contributed by atoms with E-state index in [2.05, 4.69) is 39.3 Å². The third kappa shape index (κ3) is 4.32. The zero-order valence-electron chi connectivity index (χ0n) is 10.5. The normalized spacial score (nSPS) is 15.9. The molecule has 0 aliphatic rings. The SMILES string of the molecule is C=CN=C(N)/C(C)=C(/CCC)C(C)CC. The third-order valence-corrected chi connectivity index (χ3v) is 2.82. The molecule has 0 aromatic heterocycles. The molecular weight excluding hydrogens is 184 g/mol. The second-order valence-electron chi connectivity index (χ2n) is 3.91. The summed E-state index contributed by atoms with van der Waals surface area (Å²) in [7, 11) is 0. The highest BCUT2D eigenvalue weighted by molar-refractivity contribution is 5.97. The van der Waals surface area contributed by atoms with Crippen molar-refractivity contribution >= 4 is 5.84 Å². The average Bonchev–Trinajstić information content (AvgIpc) is 2.24. The standard InChI is InChI=1S/C13H24N2/c1-6-9-12(10(4)7-2)11(5)13(14)15-8-3/h8,10H,3,6-7,9H2,1-2,4-5H3,(H2,14,15)/b12-11-. The maximum atomic E-state index is 5.87. The Balaban J connectivity index is 5.06. The van der Waals surface area contributed by atoms with Crippen LogP contribution >= 0.6 is 0 Å². The van der Waals surface area contributed by atoms with E-state index >= 15 is 0 Å². The van der Waals surface area contributed by atoms with Crippen molar-refractivity contribution in [3.63, 3.8) is 0 Å². The van der Waals surface area contributed by atoms with Gasteiger partial charge in [-0.3, -0.25) is 0 Å². The predicted molar refractivity (Wildman–Crippen MR) is 68.9 cm³/mol. The number of rotatable bonds is 6. The lowest BCUT2D eigenvalue weighted by molar-refractivity contribution is 0.614. The van der Waals surface area contributed by atoms with Crippen LogP contribution in [0.15, 0.2) is 28.9 Å². The Kier molecular flexibility index (Phi) is 6.76. The van der Waals surface area contributed by atoms with Crippen LogP contribution in [0.2, 0.25) is 0 Å². The first-order valence-electron chi connectivity index (χ1n) is 5.72. The molecule has 0 spiro atoms. The van der Waals surface area contributed by atoms with E-state index in [1.54, 1.807) is 0 Å². The summed E-state index contributed by atoms with van der Waals surface area (Å²) >= 11 is 0. The van der Waals surface area contributed by atoms with Crippen molar-refractivity contribution in [2.45, 2.75) is 47.0 Å². The smallest absolute Gasteiger partial charge is 0.126 e. The Labute approximate surface area is 94.0 Å². The monoisotopic (exact) mass is 208 g/mol. The van der Waals surface area contributed by atoms with Crippen LogP contribution < -0.4 is 5.73 Å². The molecule has 2 nitrogen and oxygen atoms in total. The van der Waals surface area contributed by atoms with E-state index in [1.807, 2.05) is 0 Å². The van der Waals surface area contributed by atoms with Crippen LogP contribution in [0.4, 0.5) is 0 Å². The molecule has 0 radical (unpaired) electrons. The molecule has 0 heterocycles. The lowest BCUT2D eigenvalue weighted by atomic mass is 9.90. The van der Waals surface area contributed by atoms with Crippen LogP contribution in [0.3, 0.4) is 0 Å². The molecule has 1 atom stereocenters. The van der Waals surface area contributed by atoms with Gasteiger partial charge >= 0.3 is 0 Å². The number of nitrogens with two attached hydrogens (primary N) is 1. The quantitative estimate of drug-likeness (QED) is 0.525. The minimum atomic E-state index is 0.587. The first-order valence-corrected chi connectivity index (χ1v) is 5.72. The molecule has 2 N–H and O–H groups in total. The average molecular weight is 208 g/mol. The summed E-state index contributed by atoms with van der Waals surface area (Å²) in [6.45, 7) is 12.3. The topological polar surface area (TPSA) is 38.4 Å². The summed E-state index contributed by atoms with van der Waals surface area (Å²) in [4.78, 5) is 4.04. The van der Waals surface area contributed by atoms with E-state index in [1.165, 1.54) is 11.8 Å². The fourth-order valence-corrected chi connectivity index (χ4v) is 1.68. The molecule has 0 saturated carbocycles. The minimum Gasteiger partial charge on any atom is -0.383 e. The first-order chi connectivity index (χ1) is 7.08. The summed E-state index contributed by atoms with van der Waals surface area (Å²) in [5.41, 5.74) is 8.44. The second kappa shape index (κ2) is 7.27. The number of hydrogen-bond donors (Lipinski definition) is 1. The van der Waals surface area contributed by atoms with Crippen LogP contribution in [0.1, 0.15) is 47.0 Å². The summed E-state index contributed by atoms with van der Waals surface area (Å²) in [6.07, 6.45) is 4.90. The molecule has 0 rings (SSSR count). The molecule has 0 saturated heterocycles. The Morgan fingerprint density at radius 3 is 2.47 bits per heavy atom. The lowest BCUT2D eigenvalue weighted by Gasteiger charge is -2.17. The van der Waals surface area contributed by atoms with Gasteiger partial charge in [-0.1, -0.05) is 39.3 Å². The molecule has 0 aliphatic heterocycles.